The first-order valence-electron chi connectivity index (χ1n) is 7.53. The van der Waals surface area contributed by atoms with Gasteiger partial charge in [0.2, 0.25) is 5.91 Å². The first-order valence-corrected chi connectivity index (χ1v) is 8.51. The number of fused-ring (bicyclic) bond motifs is 1. The van der Waals surface area contributed by atoms with Gasteiger partial charge in [-0.05, 0) is 30.3 Å². The Morgan fingerprint density at radius 3 is 2.62 bits per heavy atom. The number of nitrogens with zero attached hydrogens (tertiary/aromatic N) is 2. The molecule has 2 aromatic rings. The second-order valence-electron chi connectivity index (χ2n) is 5.07. The van der Waals surface area contributed by atoms with Gasteiger partial charge in [-0.25, -0.2) is 0 Å². The number of benzene rings is 2. The number of rotatable bonds is 5. The maximum absolute atomic E-state index is 12.5. The zero-order chi connectivity index (χ0) is 16.8. The van der Waals surface area contributed by atoms with Gasteiger partial charge in [-0.15, -0.1) is 11.8 Å². The fourth-order valence-corrected chi connectivity index (χ4v) is 3.14. The lowest BCUT2D eigenvalue weighted by Gasteiger charge is -2.20. The molecule has 0 N–H and O–H groups in total. The van der Waals surface area contributed by atoms with Gasteiger partial charge in [-0.2, -0.15) is 5.26 Å². The van der Waals surface area contributed by atoms with E-state index in [-0.39, 0.29) is 18.2 Å². The molecule has 0 spiro atoms. The van der Waals surface area contributed by atoms with Gasteiger partial charge >= 0.3 is 0 Å². The van der Waals surface area contributed by atoms with Crippen molar-refractivity contribution in [1.29, 1.82) is 5.26 Å². The summed E-state index contributed by atoms with van der Waals surface area (Å²) in [6.45, 7) is 1.12. The predicted octanol–water partition coefficient (Wildman–Crippen LogP) is 3.11. The normalized spacial score (nSPS) is 12.3. The average molecular weight is 340 g/mol. The largest absolute Gasteiger partial charge is 0.486 e. The lowest BCUT2D eigenvalue weighted by Crippen LogP contribution is -2.32. The minimum atomic E-state index is -0.109. The molecule has 24 heavy (non-hydrogen) atoms. The molecule has 6 heteroatoms. The number of hydrogen-bond donors (Lipinski definition) is 0. The molecule has 0 aliphatic carbocycles. The standard InChI is InChI=1S/C18H16N2O3S/c19-8-9-20(14-4-2-1-3-5-14)18(21)13-24-15-6-7-16-17(12-15)23-11-10-22-16/h1-7,12H,9-11,13H2. The van der Waals surface area contributed by atoms with Gasteiger partial charge in [0, 0.05) is 10.6 Å². The number of para-hydroxylation sites is 1. The summed E-state index contributed by atoms with van der Waals surface area (Å²) in [6, 6.07) is 16.9. The first kappa shape index (κ1) is 16.2. The van der Waals surface area contributed by atoms with E-state index in [0.29, 0.717) is 19.0 Å². The van der Waals surface area contributed by atoms with Crippen LogP contribution >= 0.6 is 11.8 Å². The molecule has 0 radical (unpaired) electrons. The summed E-state index contributed by atoms with van der Waals surface area (Å²) in [5.74, 6) is 1.57. The van der Waals surface area contributed by atoms with E-state index in [4.69, 9.17) is 14.7 Å². The molecule has 1 heterocycles. The summed E-state index contributed by atoms with van der Waals surface area (Å²) >= 11 is 1.41. The summed E-state index contributed by atoms with van der Waals surface area (Å²) in [6.07, 6.45) is 0. The zero-order valence-electron chi connectivity index (χ0n) is 13.0. The van der Waals surface area contributed by atoms with Gasteiger partial charge in [-0.3, -0.25) is 9.69 Å². The maximum Gasteiger partial charge on any atom is 0.238 e. The molecule has 3 rings (SSSR count). The number of carbonyl (C=O) groups excluding carboxylic acids is 1. The van der Waals surface area contributed by atoms with Crippen LogP contribution in [0.25, 0.3) is 0 Å². The molecule has 0 aromatic heterocycles. The highest BCUT2D eigenvalue weighted by Crippen LogP contribution is 2.34. The lowest BCUT2D eigenvalue weighted by molar-refractivity contribution is -0.116. The second-order valence-corrected chi connectivity index (χ2v) is 6.12. The van der Waals surface area contributed by atoms with E-state index in [1.54, 1.807) is 0 Å². The molecule has 122 valence electrons. The third-order valence-corrected chi connectivity index (χ3v) is 4.45. The van der Waals surface area contributed by atoms with Gasteiger partial charge in [0.25, 0.3) is 0 Å². The SMILES string of the molecule is N#CCN(C(=O)CSc1ccc2c(c1)OCCO2)c1ccccc1. The summed E-state index contributed by atoms with van der Waals surface area (Å²) < 4.78 is 11.0. The van der Waals surface area contributed by atoms with E-state index in [9.17, 15) is 4.79 Å². The van der Waals surface area contributed by atoms with E-state index in [2.05, 4.69) is 0 Å². The van der Waals surface area contributed by atoms with Crippen LogP contribution < -0.4 is 14.4 Å². The average Bonchev–Trinajstić information content (AvgIpc) is 2.64. The van der Waals surface area contributed by atoms with Crippen molar-refractivity contribution in [2.24, 2.45) is 0 Å². The monoisotopic (exact) mass is 340 g/mol. The van der Waals surface area contributed by atoms with Gasteiger partial charge in [0.15, 0.2) is 11.5 Å². The van der Waals surface area contributed by atoms with Crippen molar-refractivity contribution in [1.82, 2.24) is 0 Å². The molecule has 5 nitrogen and oxygen atoms in total. The Hall–Kier alpha value is -2.65. The van der Waals surface area contributed by atoms with Crippen molar-refractivity contribution in [2.75, 3.05) is 30.4 Å². The van der Waals surface area contributed by atoms with Crippen LogP contribution in [0.15, 0.2) is 53.4 Å². The van der Waals surface area contributed by atoms with Gasteiger partial charge in [0.05, 0.1) is 11.8 Å². The van der Waals surface area contributed by atoms with Crippen LogP contribution in [0, 0.1) is 11.3 Å². The smallest absolute Gasteiger partial charge is 0.238 e. The summed E-state index contributed by atoms with van der Waals surface area (Å²) in [7, 11) is 0. The molecule has 0 atom stereocenters. The van der Waals surface area contributed by atoms with Crippen LogP contribution in [-0.4, -0.2) is 31.4 Å². The molecule has 0 saturated carbocycles. The first-order chi connectivity index (χ1) is 11.8. The topological polar surface area (TPSA) is 62.6 Å². The van der Waals surface area contributed by atoms with E-state index in [1.807, 2.05) is 54.6 Å². The van der Waals surface area contributed by atoms with Crippen molar-refractivity contribution in [2.45, 2.75) is 4.90 Å². The quantitative estimate of drug-likeness (QED) is 0.618. The minimum absolute atomic E-state index is 0.0323. The molecule has 1 aliphatic heterocycles. The maximum atomic E-state index is 12.5. The number of anilines is 1. The molecule has 1 aliphatic rings. The van der Waals surface area contributed by atoms with Crippen LogP contribution in [0.2, 0.25) is 0 Å². The van der Waals surface area contributed by atoms with Crippen molar-refractivity contribution in [3.8, 4) is 17.6 Å². The molecule has 0 bridgehead atoms. The van der Waals surface area contributed by atoms with Gasteiger partial charge < -0.3 is 9.47 Å². The third kappa shape index (κ3) is 3.81. The highest BCUT2D eigenvalue weighted by Gasteiger charge is 2.17. The molecule has 0 saturated heterocycles. The summed E-state index contributed by atoms with van der Waals surface area (Å²) in [4.78, 5) is 14.9. The molecule has 0 unspecified atom stereocenters. The number of amides is 1. The Kier molecular flexibility index (Phi) is 5.24. The van der Waals surface area contributed by atoms with E-state index in [0.717, 1.165) is 16.3 Å². The van der Waals surface area contributed by atoms with Crippen LogP contribution in [0.4, 0.5) is 5.69 Å². The van der Waals surface area contributed by atoms with Gasteiger partial charge in [-0.1, -0.05) is 18.2 Å². The summed E-state index contributed by atoms with van der Waals surface area (Å²) in [5.41, 5.74) is 0.729. The Labute approximate surface area is 144 Å². The Morgan fingerprint density at radius 1 is 1.12 bits per heavy atom. The van der Waals surface area contributed by atoms with Crippen LogP contribution in [-0.2, 0) is 4.79 Å². The van der Waals surface area contributed by atoms with E-state index < -0.39 is 0 Å². The summed E-state index contributed by atoms with van der Waals surface area (Å²) in [5, 5.41) is 8.98. The molecule has 0 fully saturated rings. The number of thioether (sulfide) groups is 1. The molecule has 1 amide bonds. The molecule has 2 aromatic carbocycles. The van der Waals surface area contributed by atoms with Crippen molar-refractivity contribution < 1.29 is 14.3 Å². The van der Waals surface area contributed by atoms with E-state index >= 15 is 0 Å². The number of hydrogen-bond acceptors (Lipinski definition) is 5. The fourth-order valence-electron chi connectivity index (χ4n) is 2.34. The second kappa shape index (κ2) is 7.75. The highest BCUT2D eigenvalue weighted by molar-refractivity contribution is 8.00. The lowest BCUT2D eigenvalue weighted by atomic mass is 10.3. The predicted molar refractivity (Wildman–Crippen MR) is 92.6 cm³/mol. The molecular formula is C18H16N2O3S. The fraction of sp³-hybridized carbons (Fsp3) is 0.222. The van der Waals surface area contributed by atoms with Gasteiger partial charge in [0.1, 0.15) is 19.8 Å². The number of carbonyl (C=O) groups is 1. The Balaban J connectivity index is 1.66. The van der Waals surface area contributed by atoms with Crippen molar-refractivity contribution in [3.05, 3.63) is 48.5 Å². The van der Waals surface area contributed by atoms with Crippen molar-refractivity contribution in [3.63, 3.8) is 0 Å². The van der Waals surface area contributed by atoms with Crippen molar-refractivity contribution >= 4 is 23.4 Å². The molecular weight excluding hydrogens is 324 g/mol. The Bertz CT molecular complexity index is 759. The van der Waals surface area contributed by atoms with Crippen LogP contribution in [0.1, 0.15) is 0 Å². The van der Waals surface area contributed by atoms with Crippen LogP contribution in [0.5, 0.6) is 11.5 Å². The minimum Gasteiger partial charge on any atom is -0.486 e. The van der Waals surface area contributed by atoms with E-state index in [1.165, 1.54) is 16.7 Å². The zero-order valence-corrected chi connectivity index (χ0v) is 13.8. The number of nitriles is 1. The van der Waals surface area contributed by atoms with Crippen LogP contribution in [0.3, 0.4) is 0 Å². The third-order valence-electron chi connectivity index (χ3n) is 3.47. The highest BCUT2D eigenvalue weighted by atomic mass is 32.2. The Morgan fingerprint density at radius 2 is 1.88 bits per heavy atom. The number of ether oxygens (including phenoxy) is 2.